The van der Waals surface area contributed by atoms with Gasteiger partial charge in [-0.25, -0.2) is 4.39 Å². The Balaban J connectivity index is 3.28. The van der Waals surface area contributed by atoms with E-state index in [4.69, 9.17) is 11.6 Å². The average Bonchev–Trinajstić information content (AvgIpc) is 2.02. The number of hydrogen-bond donors (Lipinski definition) is 0. The highest BCUT2D eigenvalue weighted by Gasteiger charge is 2.14. The minimum Gasteiger partial charge on any atom is -0.293 e. The SMILES string of the molecule is O=C(CBr)c1c(Cl)cc(F)cc1I. The van der Waals surface area contributed by atoms with Gasteiger partial charge in [0.2, 0.25) is 0 Å². The Morgan fingerprint density at radius 3 is 2.69 bits per heavy atom. The number of Topliss-reactive ketones (excluding diaryl/α,β-unsaturated/α-hetero) is 1. The van der Waals surface area contributed by atoms with Gasteiger partial charge in [-0.1, -0.05) is 27.5 Å². The number of alkyl halides is 1. The summed E-state index contributed by atoms with van der Waals surface area (Å²) in [6.07, 6.45) is 0. The van der Waals surface area contributed by atoms with Gasteiger partial charge in [0.25, 0.3) is 0 Å². The molecule has 0 bridgehead atoms. The van der Waals surface area contributed by atoms with Crippen LogP contribution in [0.25, 0.3) is 0 Å². The van der Waals surface area contributed by atoms with Gasteiger partial charge in [-0.2, -0.15) is 0 Å². The molecule has 0 radical (unpaired) electrons. The van der Waals surface area contributed by atoms with Crippen LogP contribution in [-0.2, 0) is 0 Å². The summed E-state index contributed by atoms with van der Waals surface area (Å²) in [6.45, 7) is 0. The van der Waals surface area contributed by atoms with Crippen LogP contribution in [0.5, 0.6) is 0 Å². The number of ketones is 1. The first kappa shape index (κ1) is 11.4. The highest BCUT2D eigenvalue weighted by Crippen LogP contribution is 2.24. The summed E-state index contributed by atoms with van der Waals surface area (Å²) in [4.78, 5) is 11.3. The summed E-state index contributed by atoms with van der Waals surface area (Å²) in [6, 6.07) is 2.42. The fourth-order valence-electron chi connectivity index (χ4n) is 0.875. The first-order chi connectivity index (χ1) is 6.06. The number of rotatable bonds is 2. The molecule has 1 nitrogen and oxygen atoms in total. The molecule has 0 aliphatic rings. The van der Waals surface area contributed by atoms with Crippen LogP contribution in [0.3, 0.4) is 0 Å². The molecule has 0 saturated heterocycles. The zero-order chi connectivity index (χ0) is 10.0. The summed E-state index contributed by atoms with van der Waals surface area (Å²) in [7, 11) is 0. The molecule has 0 saturated carbocycles. The summed E-state index contributed by atoms with van der Waals surface area (Å²) in [5.41, 5.74) is 0.376. The van der Waals surface area contributed by atoms with Gasteiger partial charge < -0.3 is 0 Å². The molecular weight excluding hydrogens is 373 g/mol. The third kappa shape index (κ3) is 2.63. The maximum Gasteiger partial charge on any atom is 0.175 e. The molecule has 0 N–H and O–H groups in total. The molecule has 5 heteroatoms. The van der Waals surface area contributed by atoms with Crippen molar-refractivity contribution in [3.8, 4) is 0 Å². The second-order valence-electron chi connectivity index (χ2n) is 2.30. The Hall–Kier alpha value is 0.320. The summed E-state index contributed by atoms with van der Waals surface area (Å²) in [5.74, 6) is -0.574. The predicted molar refractivity (Wildman–Crippen MR) is 62.3 cm³/mol. The van der Waals surface area contributed by atoms with E-state index in [-0.39, 0.29) is 16.1 Å². The molecule has 0 aliphatic carbocycles. The topological polar surface area (TPSA) is 17.1 Å². The second-order valence-corrected chi connectivity index (χ2v) is 4.43. The third-order valence-corrected chi connectivity index (χ3v) is 3.07. The highest BCUT2D eigenvalue weighted by molar-refractivity contribution is 14.1. The van der Waals surface area contributed by atoms with Crippen LogP contribution < -0.4 is 0 Å². The van der Waals surface area contributed by atoms with Gasteiger partial charge in [0.15, 0.2) is 5.78 Å². The van der Waals surface area contributed by atoms with Crippen LogP contribution in [-0.4, -0.2) is 11.1 Å². The predicted octanol–water partition coefficient (Wildman–Crippen LogP) is 3.66. The zero-order valence-corrected chi connectivity index (χ0v) is 10.8. The molecule has 0 fully saturated rings. The minimum atomic E-state index is -0.430. The van der Waals surface area contributed by atoms with Crippen molar-refractivity contribution in [2.45, 2.75) is 0 Å². The van der Waals surface area contributed by atoms with E-state index in [1.54, 1.807) is 0 Å². The van der Waals surface area contributed by atoms with Gasteiger partial charge in [-0.05, 0) is 34.7 Å². The van der Waals surface area contributed by atoms with Gasteiger partial charge >= 0.3 is 0 Å². The molecule has 0 spiro atoms. The Morgan fingerprint density at radius 2 is 2.23 bits per heavy atom. The largest absolute Gasteiger partial charge is 0.293 e. The minimum absolute atomic E-state index is 0.144. The van der Waals surface area contributed by atoms with E-state index in [1.165, 1.54) is 6.07 Å². The van der Waals surface area contributed by atoms with E-state index in [0.717, 1.165) is 6.07 Å². The number of benzene rings is 1. The molecule has 70 valence electrons. The lowest BCUT2D eigenvalue weighted by molar-refractivity contribution is 0.102. The fourth-order valence-corrected chi connectivity index (χ4v) is 2.52. The van der Waals surface area contributed by atoms with Crippen LogP contribution in [0.2, 0.25) is 5.02 Å². The van der Waals surface area contributed by atoms with Crippen molar-refractivity contribution < 1.29 is 9.18 Å². The Labute approximate surface area is 102 Å². The summed E-state index contributed by atoms with van der Waals surface area (Å²) < 4.78 is 13.3. The lowest BCUT2D eigenvalue weighted by Crippen LogP contribution is -2.04. The molecule has 0 aliphatic heterocycles. The van der Waals surface area contributed by atoms with E-state index < -0.39 is 5.82 Å². The summed E-state index contributed by atoms with van der Waals surface area (Å²) in [5, 5.41) is 0.350. The van der Waals surface area contributed by atoms with Gasteiger partial charge in [-0.3, -0.25) is 4.79 Å². The molecule has 1 aromatic carbocycles. The van der Waals surface area contributed by atoms with Gasteiger partial charge in [0, 0.05) is 3.57 Å². The average molecular weight is 377 g/mol. The molecule has 0 heterocycles. The van der Waals surface area contributed by atoms with E-state index in [0.29, 0.717) is 9.13 Å². The van der Waals surface area contributed by atoms with Crippen LogP contribution in [0.4, 0.5) is 4.39 Å². The third-order valence-electron chi connectivity index (χ3n) is 1.41. The van der Waals surface area contributed by atoms with Crippen molar-refractivity contribution in [1.82, 2.24) is 0 Å². The molecular formula is C8H4BrClFIO. The maximum atomic E-state index is 12.8. The second kappa shape index (κ2) is 4.70. The molecule has 0 amide bonds. The van der Waals surface area contributed by atoms with Crippen LogP contribution in [0, 0.1) is 9.39 Å². The molecule has 1 aromatic rings. The molecule has 0 atom stereocenters. The number of carbonyl (C=O) groups excluding carboxylic acids is 1. The van der Waals surface area contributed by atoms with E-state index in [2.05, 4.69) is 15.9 Å². The quantitative estimate of drug-likeness (QED) is 0.437. The van der Waals surface area contributed by atoms with Crippen molar-refractivity contribution in [1.29, 1.82) is 0 Å². The number of hydrogen-bond acceptors (Lipinski definition) is 1. The molecule has 0 aromatic heterocycles. The van der Waals surface area contributed by atoms with Crippen LogP contribution in [0.1, 0.15) is 10.4 Å². The fraction of sp³-hybridized carbons (Fsp3) is 0.125. The van der Waals surface area contributed by atoms with Gasteiger partial charge in [-0.15, -0.1) is 0 Å². The first-order valence-electron chi connectivity index (χ1n) is 3.30. The highest BCUT2D eigenvalue weighted by atomic mass is 127. The number of carbonyl (C=O) groups is 1. The first-order valence-corrected chi connectivity index (χ1v) is 5.87. The molecule has 13 heavy (non-hydrogen) atoms. The zero-order valence-electron chi connectivity index (χ0n) is 6.28. The number of halogens is 4. The lowest BCUT2D eigenvalue weighted by atomic mass is 10.1. The molecule has 1 rings (SSSR count). The van der Waals surface area contributed by atoms with Crippen molar-refractivity contribution in [3.63, 3.8) is 0 Å². The Morgan fingerprint density at radius 1 is 1.62 bits per heavy atom. The van der Waals surface area contributed by atoms with Crippen LogP contribution >= 0.6 is 50.1 Å². The smallest absolute Gasteiger partial charge is 0.175 e. The van der Waals surface area contributed by atoms with Crippen molar-refractivity contribution in [2.75, 3.05) is 5.33 Å². The normalized spacial score (nSPS) is 10.2. The molecule has 0 unspecified atom stereocenters. The van der Waals surface area contributed by atoms with Crippen molar-refractivity contribution >= 4 is 55.9 Å². The monoisotopic (exact) mass is 376 g/mol. The maximum absolute atomic E-state index is 12.8. The Kier molecular flexibility index (Phi) is 4.12. The standard InChI is InChI=1S/C8H4BrClFIO/c9-3-7(13)8-5(10)1-4(11)2-6(8)12/h1-2H,3H2. The van der Waals surface area contributed by atoms with Crippen LogP contribution in [0.15, 0.2) is 12.1 Å². The van der Waals surface area contributed by atoms with Gasteiger partial charge in [0.1, 0.15) is 5.82 Å². The Bertz CT molecular complexity index is 333. The lowest BCUT2D eigenvalue weighted by Gasteiger charge is -2.03. The summed E-state index contributed by atoms with van der Waals surface area (Å²) >= 11 is 10.6. The van der Waals surface area contributed by atoms with E-state index in [9.17, 15) is 9.18 Å². The van der Waals surface area contributed by atoms with E-state index in [1.807, 2.05) is 22.6 Å². The van der Waals surface area contributed by atoms with E-state index >= 15 is 0 Å². The van der Waals surface area contributed by atoms with Crippen molar-refractivity contribution in [2.24, 2.45) is 0 Å². The van der Waals surface area contributed by atoms with Crippen molar-refractivity contribution in [3.05, 3.63) is 32.1 Å². The van der Waals surface area contributed by atoms with Gasteiger partial charge in [0.05, 0.1) is 15.9 Å².